The van der Waals surface area contributed by atoms with Gasteiger partial charge < -0.3 is 15.8 Å². The Kier molecular flexibility index (Phi) is 9.08. The van der Waals surface area contributed by atoms with Crippen molar-refractivity contribution in [2.75, 3.05) is 19.5 Å². The molecule has 226 valence electrons. The summed E-state index contributed by atoms with van der Waals surface area (Å²) in [5.41, 5.74) is 3.61. The van der Waals surface area contributed by atoms with Crippen LogP contribution >= 0.6 is 23.2 Å². The summed E-state index contributed by atoms with van der Waals surface area (Å²) in [5, 5.41) is 13.8. The molecule has 3 N–H and O–H groups in total. The van der Waals surface area contributed by atoms with Crippen LogP contribution in [0.2, 0.25) is 10.0 Å². The number of likely N-dealkylation sites (N-methyl/N-ethyl adjacent to an activating group) is 1. The van der Waals surface area contributed by atoms with Gasteiger partial charge in [-0.15, -0.1) is 0 Å². The number of nitrogens with one attached hydrogen (secondary N) is 1. The zero-order chi connectivity index (χ0) is 31.9. The lowest BCUT2D eigenvalue weighted by molar-refractivity contribution is -0.120. The predicted molar refractivity (Wildman–Crippen MR) is 162 cm³/mol. The van der Waals surface area contributed by atoms with E-state index in [9.17, 15) is 14.9 Å². The normalized spacial score (nSPS) is 22.2. The average Bonchev–Trinajstić information content (AvgIpc) is 3.17. The van der Waals surface area contributed by atoms with Crippen LogP contribution in [-0.2, 0) is 10.2 Å². The molecule has 0 saturated carbocycles. The van der Waals surface area contributed by atoms with Crippen LogP contribution in [0.5, 0.6) is 5.75 Å². The fraction of sp³-hybridized carbons (Fsp3) is 0.344. The standard InChI is InChI=1S/C32H32Cl2F2N4O3/c1-31(2,3)15-25-32(16-37,20-11-10-18(33)14-22(20)35)26(19-7-6-8-21(34)27(19)36)28(40(25)4)30(42)39-23-12-9-17(29(38)41)13-24(23)43-5/h6-14,25-26,28H,15H2,1-5H3,(H2,38,41)(H,39,42)/t25-,26-,28+,32-/m0/s1. The third-order valence-corrected chi connectivity index (χ3v) is 8.49. The number of hydrogen-bond acceptors (Lipinski definition) is 5. The summed E-state index contributed by atoms with van der Waals surface area (Å²) in [4.78, 5) is 27.7. The lowest BCUT2D eigenvalue weighted by Crippen LogP contribution is -2.45. The number of nitriles is 1. The van der Waals surface area contributed by atoms with E-state index >= 15 is 8.78 Å². The summed E-state index contributed by atoms with van der Waals surface area (Å²) in [6.45, 7) is 5.90. The van der Waals surface area contributed by atoms with Crippen LogP contribution in [0.4, 0.5) is 14.5 Å². The van der Waals surface area contributed by atoms with Gasteiger partial charge in [-0.1, -0.05) is 62.2 Å². The van der Waals surface area contributed by atoms with Crippen molar-refractivity contribution in [1.82, 2.24) is 4.90 Å². The molecule has 0 radical (unpaired) electrons. The first-order chi connectivity index (χ1) is 20.2. The number of amides is 2. The summed E-state index contributed by atoms with van der Waals surface area (Å²) in [7, 11) is 3.03. The van der Waals surface area contributed by atoms with Gasteiger partial charge in [-0.3, -0.25) is 14.5 Å². The van der Waals surface area contributed by atoms with E-state index < -0.39 is 46.9 Å². The Bertz CT molecular complexity index is 1620. The smallest absolute Gasteiger partial charge is 0.248 e. The Morgan fingerprint density at radius 3 is 2.42 bits per heavy atom. The second kappa shape index (κ2) is 12.1. The van der Waals surface area contributed by atoms with Gasteiger partial charge in [0.2, 0.25) is 11.8 Å². The molecule has 0 aliphatic carbocycles. The Labute approximate surface area is 259 Å². The summed E-state index contributed by atoms with van der Waals surface area (Å²) in [6.07, 6.45) is 0.345. The minimum atomic E-state index is -1.76. The number of likely N-dealkylation sites (tertiary alicyclic amines) is 1. The molecule has 0 aromatic heterocycles. The molecule has 1 fully saturated rings. The number of benzene rings is 3. The van der Waals surface area contributed by atoms with Gasteiger partial charge in [0.05, 0.1) is 29.9 Å². The van der Waals surface area contributed by atoms with Crippen LogP contribution in [0.15, 0.2) is 54.6 Å². The van der Waals surface area contributed by atoms with E-state index in [0.717, 1.165) is 6.07 Å². The van der Waals surface area contributed by atoms with Crippen molar-refractivity contribution < 1.29 is 23.1 Å². The minimum absolute atomic E-state index is 0.0106. The van der Waals surface area contributed by atoms with Gasteiger partial charge in [-0.2, -0.15) is 5.26 Å². The molecule has 2 amide bonds. The third-order valence-electron chi connectivity index (χ3n) is 7.96. The molecular weight excluding hydrogens is 597 g/mol. The number of carbonyl (C=O) groups is 2. The van der Waals surface area contributed by atoms with Crippen molar-refractivity contribution in [2.24, 2.45) is 11.1 Å². The monoisotopic (exact) mass is 628 g/mol. The number of primary amides is 1. The number of methoxy groups -OCH3 is 1. The first-order valence-corrected chi connectivity index (χ1v) is 14.2. The van der Waals surface area contributed by atoms with E-state index in [1.807, 2.05) is 20.8 Å². The van der Waals surface area contributed by atoms with Crippen LogP contribution in [-0.4, -0.2) is 43.0 Å². The number of hydrogen-bond donors (Lipinski definition) is 2. The van der Waals surface area contributed by atoms with Gasteiger partial charge in [0, 0.05) is 28.1 Å². The maximum Gasteiger partial charge on any atom is 0.248 e. The highest BCUT2D eigenvalue weighted by molar-refractivity contribution is 6.31. The largest absolute Gasteiger partial charge is 0.495 e. The van der Waals surface area contributed by atoms with Gasteiger partial charge >= 0.3 is 0 Å². The Morgan fingerprint density at radius 1 is 1.14 bits per heavy atom. The van der Waals surface area contributed by atoms with Crippen molar-refractivity contribution in [3.63, 3.8) is 0 Å². The molecule has 1 aliphatic rings. The second-order valence-electron chi connectivity index (χ2n) is 11.9. The zero-order valence-electron chi connectivity index (χ0n) is 24.3. The number of halogens is 4. The van der Waals surface area contributed by atoms with Gasteiger partial charge in [0.25, 0.3) is 0 Å². The van der Waals surface area contributed by atoms with E-state index in [2.05, 4.69) is 11.4 Å². The maximum absolute atomic E-state index is 15.9. The number of anilines is 1. The molecular formula is C32H32Cl2F2N4O3. The van der Waals surface area contributed by atoms with Crippen molar-refractivity contribution in [1.29, 1.82) is 5.26 Å². The highest BCUT2D eigenvalue weighted by Gasteiger charge is 2.63. The summed E-state index contributed by atoms with van der Waals surface area (Å²) < 4.78 is 37.2. The lowest BCUT2D eigenvalue weighted by Gasteiger charge is -2.38. The molecule has 43 heavy (non-hydrogen) atoms. The molecule has 4 rings (SSSR count). The lowest BCUT2D eigenvalue weighted by atomic mass is 9.62. The Morgan fingerprint density at radius 2 is 1.84 bits per heavy atom. The van der Waals surface area contributed by atoms with Crippen LogP contribution < -0.4 is 15.8 Å². The van der Waals surface area contributed by atoms with Gasteiger partial charge in [0.15, 0.2) is 0 Å². The van der Waals surface area contributed by atoms with E-state index in [1.165, 1.54) is 55.6 Å². The predicted octanol–water partition coefficient (Wildman–Crippen LogP) is 6.68. The van der Waals surface area contributed by atoms with E-state index in [1.54, 1.807) is 11.9 Å². The third kappa shape index (κ3) is 5.92. The molecule has 0 spiro atoms. The van der Waals surface area contributed by atoms with Gasteiger partial charge in [0.1, 0.15) is 22.8 Å². The zero-order valence-corrected chi connectivity index (χ0v) is 25.9. The number of nitrogens with zero attached hydrogens (tertiary/aromatic N) is 2. The first kappa shape index (κ1) is 32.2. The average molecular weight is 630 g/mol. The van der Waals surface area contributed by atoms with E-state index in [0.29, 0.717) is 6.42 Å². The summed E-state index contributed by atoms with van der Waals surface area (Å²) in [6, 6.07) is 13.0. The molecule has 1 heterocycles. The van der Waals surface area contributed by atoms with Crippen LogP contribution in [0.3, 0.4) is 0 Å². The Hall–Kier alpha value is -3.71. The minimum Gasteiger partial charge on any atom is -0.495 e. The maximum atomic E-state index is 15.9. The fourth-order valence-corrected chi connectivity index (χ4v) is 6.48. The number of rotatable bonds is 7. The fourth-order valence-electron chi connectivity index (χ4n) is 6.13. The second-order valence-corrected chi connectivity index (χ2v) is 12.7. The van der Waals surface area contributed by atoms with E-state index in [-0.39, 0.29) is 43.6 Å². The van der Waals surface area contributed by atoms with Crippen molar-refractivity contribution in [3.8, 4) is 11.8 Å². The molecule has 11 heteroatoms. The number of ether oxygens (including phenoxy) is 1. The van der Waals surface area contributed by atoms with Crippen molar-refractivity contribution in [2.45, 2.75) is 50.6 Å². The number of carbonyl (C=O) groups excluding carboxylic acids is 2. The topological polar surface area (TPSA) is 108 Å². The molecule has 7 nitrogen and oxygen atoms in total. The van der Waals surface area contributed by atoms with Gasteiger partial charge in [-0.25, -0.2) is 8.78 Å². The highest BCUT2D eigenvalue weighted by Crippen LogP contribution is 2.56. The first-order valence-electron chi connectivity index (χ1n) is 13.5. The quantitative estimate of drug-likeness (QED) is 0.303. The highest BCUT2D eigenvalue weighted by atomic mass is 35.5. The SMILES string of the molecule is COc1cc(C(N)=O)ccc1NC(=O)[C@H]1[C@H](c2cccc(Cl)c2F)[C@@](C#N)(c2ccc(Cl)cc2F)[C@H](CC(C)(C)C)N1C. The van der Waals surface area contributed by atoms with Crippen LogP contribution in [0.1, 0.15) is 54.6 Å². The molecule has 3 aromatic carbocycles. The number of nitrogens with two attached hydrogens (primary N) is 1. The van der Waals surface area contributed by atoms with Crippen LogP contribution in [0.25, 0.3) is 0 Å². The molecule has 1 aliphatic heterocycles. The molecule has 4 atom stereocenters. The molecule has 0 unspecified atom stereocenters. The van der Waals surface area contributed by atoms with E-state index in [4.69, 9.17) is 33.7 Å². The van der Waals surface area contributed by atoms with Gasteiger partial charge in [-0.05, 0) is 60.8 Å². The summed E-state index contributed by atoms with van der Waals surface area (Å²) in [5.74, 6) is -3.91. The summed E-state index contributed by atoms with van der Waals surface area (Å²) >= 11 is 12.3. The van der Waals surface area contributed by atoms with Crippen LogP contribution in [0, 0.1) is 28.4 Å². The van der Waals surface area contributed by atoms with Crippen molar-refractivity contribution >= 4 is 40.7 Å². The Balaban J connectivity index is 2.00. The molecule has 1 saturated heterocycles. The van der Waals surface area contributed by atoms with Crippen molar-refractivity contribution in [3.05, 3.63) is 93.0 Å². The molecule has 0 bridgehead atoms. The molecule has 3 aromatic rings.